The van der Waals surface area contributed by atoms with Crippen LogP contribution in [0.15, 0.2) is 60.8 Å². The summed E-state index contributed by atoms with van der Waals surface area (Å²) < 4.78 is 14.8. The first kappa shape index (κ1) is 18.1. The number of carboxylic acid groups (broad SMARTS) is 1. The number of carbonyl (C=O) groups excluding carboxylic acids is 1. The van der Waals surface area contributed by atoms with Gasteiger partial charge in [0.05, 0.1) is 17.5 Å². The van der Waals surface area contributed by atoms with Crippen LogP contribution < -0.4 is 5.32 Å². The number of aryl methyl sites for hydroxylation is 1. The van der Waals surface area contributed by atoms with E-state index >= 15 is 0 Å². The number of halogens is 1. The summed E-state index contributed by atoms with van der Waals surface area (Å²) in [5.74, 6) is -1.73. The molecule has 0 unspecified atom stereocenters. The van der Waals surface area contributed by atoms with Crippen LogP contribution in [-0.2, 0) is 11.8 Å². The molecule has 7 heteroatoms. The van der Waals surface area contributed by atoms with E-state index in [4.69, 9.17) is 5.11 Å². The zero-order valence-corrected chi connectivity index (χ0v) is 14.4. The smallest absolute Gasteiger partial charge is 0.335 e. The number of hydrogen-bond donors (Lipinski definition) is 2. The van der Waals surface area contributed by atoms with E-state index < -0.39 is 5.97 Å². The number of aromatic nitrogens is 2. The lowest BCUT2D eigenvalue weighted by Gasteiger charge is -2.05. The second kappa shape index (κ2) is 7.65. The van der Waals surface area contributed by atoms with Gasteiger partial charge in [0.1, 0.15) is 5.82 Å². The third-order valence-corrected chi connectivity index (χ3v) is 3.90. The molecule has 0 aliphatic rings. The number of rotatable bonds is 5. The molecule has 0 radical (unpaired) electrons. The first-order valence-electron chi connectivity index (χ1n) is 8.04. The molecule has 3 aromatic rings. The molecule has 2 aromatic carbocycles. The lowest BCUT2D eigenvalue weighted by atomic mass is 10.1. The van der Waals surface area contributed by atoms with Crippen LogP contribution in [0.5, 0.6) is 0 Å². The third-order valence-electron chi connectivity index (χ3n) is 3.90. The molecule has 1 amide bonds. The lowest BCUT2D eigenvalue weighted by Crippen LogP contribution is -2.08. The molecule has 136 valence electrons. The maximum absolute atomic E-state index is 13.1. The van der Waals surface area contributed by atoms with Crippen LogP contribution in [0.25, 0.3) is 17.3 Å². The molecule has 1 aromatic heterocycles. The van der Waals surface area contributed by atoms with Gasteiger partial charge in [0.2, 0.25) is 5.91 Å². The first-order valence-corrected chi connectivity index (χ1v) is 8.04. The Morgan fingerprint density at radius 3 is 2.41 bits per heavy atom. The van der Waals surface area contributed by atoms with Gasteiger partial charge in [0.15, 0.2) is 0 Å². The van der Waals surface area contributed by atoms with Gasteiger partial charge >= 0.3 is 5.97 Å². The predicted molar refractivity (Wildman–Crippen MR) is 99.7 cm³/mol. The fourth-order valence-corrected chi connectivity index (χ4v) is 2.58. The quantitative estimate of drug-likeness (QED) is 0.677. The van der Waals surface area contributed by atoms with E-state index in [1.54, 1.807) is 36.1 Å². The molecule has 3 rings (SSSR count). The summed E-state index contributed by atoms with van der Waals surface area (Å²) in [6, 6.07) is 11.9. The summed E-state index contributed by atoms with van der Waals surface area (Å²) in [6.07, 6.45) is 4.59. The van der Waals surface area contributed by atoms with Gasteiger partial charge in [-0.15, -0.1) is 0 Å². The van der Waals surface area contributed by atoms with Gasteiger partial charge in [-0.3, -0.25) is 9.48 Å². The minimum absolute atomic E-state index is 0.142. The Kier molecular flexibility index (Phi) is 5.12. The van der Waals surface area contributed by atoms with Crippen molar-refractivity contribution in [1.82, 2.24) is 9.78 Å². The topological polar surface area (TPSA) is 84.2 Å². The van der Waals surface area contributed by atoms with Gasteiger partial charge in [-0.2, -0.15) is 5.10 Å². The van der Waals surface area contributed by atoms with Gasteiger partial charge in [-0.25, -0.2) is 9.18 Å². The van der Waals surface area contributed by atoms with E-state index in [2.05, 4.69) is 10.4 Å². The normalized spacial score (nSPS) is 10.9. The number of anilines is 1. The number of carboxylic acids is 1. The Labute approximate surface area is 154 Å². The standard InChI is InChI=1S/C20H16FN3O3/c1-24-19(13-2-7-16(21)8-3-13)15(12-22-24)6-11-18(25)23-17-9-4-14(5-10-17)20(26)27/h2-12H,1H3,(H,23,25)(H,26,27). The number of carbonyl (C=O) groups is 2. The lowest BCUT2D eigenvalue weighted by molar-refractivity contribution is -0.111. The van der Waals surface area contributed by atoms with Crippen molar-refractivity contribution in [2.24, 2.45) is 7.05 Å². The second-order valence-corrected chi connectivity index (χ2v) is 5.78. The summed E-state index contributed by atoms with van der Waals surface area (Å²) in [4.78, 5) is 22.9. The Bertz CT molecular complexity index is 1010. The van der Waals surface area contributed by atoms with Gasteiger partial charge in [-0.05, 0) is 54.6 Å². The van der Waals surface area contributed by atoms with Gasteiger partial charge in [0, 0.05) is 29.9 Å². The van der Waals surface area contributed by atoms with Crippen LogP contribution in [-0.4, -0.2) is 26.8 Å². The van der Waals surface area contributed by atoms with Gasteiger partial charge in [0.25, 0.3) is 0 Å². The number of amides is 1. The third kappa shape index (κ3) is 4.27. The number of nitrogens with zero attached hydrogens (tertiary/aromatic N) is 2. The average molecular weight is 365 g/mol. The van der Waals surface area contributed by atoms with Crippen LogP contribution in [0.4, 0.5) is 10.1 Å². The first-order chi connectivity index (χ1) is 12.9. The summed E-state index contributed by atoms with van der Waals surface area (Å²) in [7, 11) is 1.76. The molecule has 0 aliphatic heterocycles. The summed E-state index contributed by atoms with van der Waals surface area (Å²) in [5, 5.41) is 15.7. The zero-order valence-electron chi connectivity index (χ0n) is 14.4. The van der Waals surface area contributed by atoms with E-state index in [9.17, 15) is 14.0 Å². The van der Waals surface area contributed by atoms with Crippen LogP contribution >= 0.6 is 0 Å². The van der Waals surface area contributed by atoms with Crippen molar-refractivity contribution in [2.45, 2.75) is 0 Å². The predicted octanol–water partition coefficient (Wildman–Crippen LogP) is 3.58. The molecule has 0 spiro atoms. The average Bonchev–Trinajstić information content (AvgIpc) is 3.02. The van der Waals surface area contributed by atoms with Crippen molar-refractivity contribution >= 4 is 23.6 Å². The minimum Gasteiger partial charge on any atom is -0.478 e. The minimum atomic E-state index is -1.03. The van der Waals surface area contributed by atoms with Crippen molar-refractivity contribution < 1.29 is 19.1 Å². The molecule has 2 N–H and O–H groups in total. The largest absolute Gasteiger partial charge is 0.478 e. The number of hydrogen-bond acceptors (Lipinski definition) is 3. The Hall–Kier alpha value is -3.74. The molecule has 27 heavy (non-hydrogen) atoms. The van der Waals surface area contributed by atoms with E-state index in [-0.39, 0.29) is 17.3 Å². The van der Waals surface area contributed by atoms with E-state index in [0.717, 1.165) is 11.3 Å². The van der Waals surface area contributed by atoms with Crippen LogP contribution in [0.3, 0.4) is 0 Å². The van der Waals surface area contributed by atoms with Crippen LogP contribution in [0.1, 0.15) is 15.9 Å². The molecule has 0 atom stereocenters. The van der Waals surface area contributed by atoms with Crippen LogP contribution in [0, 0.1) is 5.82 Å². The van der Waals surface area contributed by atoms with Gasteiger partial charge < -0.3 is 10.4 Å². The van der Waals surface area contributed by atoms with Crippen molar-refractivity contribution in [3.63, 3.8) is 0 Å². The van der Waals surface area contributed by atoms with E-state index in [1.165, 1.54) is 42.5 Å². The van der Waals surface area contributed by atoms with Crippen molar-refractivity contribution in [1.29, 1.82) is 0 Å². The highest BCUT2D eigenvalue weighted by Crippen LogP contribution is 2.24. The van der Waals surface area contributed by atoms with Crippen molar-refractivity contribution in [3.8, 4) is 11.3 Å². The SMILES string of the molecule is Cn1ncc(C=CC(=O)Nc2ccc(C(=O)O)cc2)c1-c1ccc(F)cc1. The Balaban J connectivity index is 1.75. The van der Waals surface area contributed by atoms with E-state index in [1.807, 2.05) is 0 Å². The molecular weight excluding hydrogens is 349 g/mol. The Morgan fingerprint density at radius 2 is 1.78 bits per heavy atom. The maximum Gasteiger partial charge on any atom is 0.335 e. The molecule has 0 fully saturated rings. The number of aromatic carboxylic acids is 1. The maximum atomic E-state index is 13.1. The van der Waals surface area contributed by atoms with Crippen LogP contribution in [0.2, 0.25) is 0 Å². The molecule has 0 aliphatic carbocycles. The summed E-state index contributed by atoms with van der Waals surface area (Å²) in [5.41, 5.74) is 2.87. The Morgan fingerprint density at radius 1 is 1.11 bits per heavy atom. The fraction of sp³-hybridized carbons (Fsp3) is 0.0500. The number of nitrogens with one attached hydrogen (secondary N) is 1. The second-order valence-electron chi connectivity index (χ2n) is 5.78. The zero-order chi connectivity index (χ0) is 19.4. The highest BCUT2D eigenvalue weighted by molar-refractivity contribution is 6.02. The molecule has 0 saturated carbocycles. The highest BCUT2D eigenvalue weighted by Gasteiger charge is 2.10. The monoisotopic (exact) mass is 365 g/mol. The molecule has 0 saturated heterocycles. The summed E-state index contributed by atoms with van der Waals surface area (Å²) in [6.45, 7) is 0. The molecule has 1 heterocycles. The van der Waals surface area contributed by atoms with E-state index in [0.29, 0.717) is 11.3 Å². The van der Waals surface area contributed by atoms with Gasteiger partial charge in [-0.1, -0.05) is 0 Å². The molecule has 6 nitrogen and oxygen atoms in total. The molecular formula is C20H16FN3O3. The highest BCUT2D eigenvalue weighted by atomic mass is 19.1. The molecule has 0 bridgehead atoms. The summed E-state index contributed by atoms with van der Waals surface area (Å²) >= 11 is 0. The number of benzene rings is 2. The van der Waals surface area contributed by atoms with Crippen molar-refractivity contribution in [2.75, 3.05) is 5.32 Å². The fourth-order valence-electron chi connectivity index (χ4n) is 2.58. The van der Waals surface area contributed by atoms with Crippen molar-refractivity contribution in [3.05, 3.63) is 77.7 Å².